The summed E-state index contributed by atoms with van der Waals surface area (Å²) in [5.74, 6) is 1.12. The fourth-order valence-corrected chi connectivity index (χ4v) is 3.23. The van der Waals surface area contributed by atoms with Gasteiger partial charge >= 0.3 is 0 Å². The van der Waals surface area contributed by atoms with Gasteiger partial charge < -0.3 is 14.8 Å². The van der Waals surface area contributed by atoms with Crippen LogP contribution in [0.1, 0.15) is 42.5 Å². The summed E-state index contributed by atoms with van der Waals surface area (Å²) >= 11 is 0. The predicted octanol–water partition coefficient (Wildman–Crippen LogP) is 3.71. The van der Waals surface area contributed by atoms with Gasteiger partial charge in [-0.25, -0.2) is 0 Å². The van der Waals surface area contributed by atoms with Crippen LogP contribution in [0.3, 0.4) is 0 Å². The minimum Gasteiger partial charge on any atom is -0.493 e. The summed E-state index contributed by atoms with van der Waals surface area (Å²) in [7, 11) is 3.18. The highest BCUT2D eigenvalue weighted by molar-refractivity contribution is 5.99. The molecule has 2 N–H and O–H groups in total. The van der Waals surface area contributed by atoms with Crippen LogP contribution in [0.5, 0.6) is 11.5 Å². The fourth-order valence-electron chi connectivity index (χ4n) is 3.23. The van der Waals surface area contributed by atoms with E-state index >= 15 is 0 Å². The Morgan fingerprint density at radius 3 is 2.81 bits per heavy atom. The van der Waals surface area contributed by atoms with Crippen molar-refractivity contribution < 1.29 is 14.3 Å². The first-order chi connectivity index (χ1) is 12.7. The second-order valence-electron chi connectivity index (χ2n) is 6.34. The average Bonchev–Trinajstić information content (AvgIpc) is 3.18. The maximum absolute atomic E-state index is 12.6. The third-order valence-corrected chi connectivity index (χ3v) is 4.67. The molecule has 0 saturated carbocycles. The van der Waals surface area contributed by atoms with Crippen LogP contribution in [0, 0.1) is 0 Å². The molecule has 1 aliphatic carbocycles. The minimum absolute atomic E-state index is 0.125. The van der Waals surface area contributed by atoms with E-state index in [0.29, 0.717) is 29.3 Å². The molecule has 0 fully saturated rings. The second kappa shape index (κ2) is 8.56. The Morgan fingerprint density at radius 1 is 1.23 bits per heavy atom. The highest BCUT2D eigenvalue weighted by Crippen LogP contribution is 2.32. The maximum atomic E-state index is 12.6. The number of hydrogen-bond donors (Lipinski definition) is 2. The zero-order chi connectivity index (χ0) is 18.4. The van der Waals surface area contributed by atoms with E-state index < -0.39 is 0 Å². The maximum Gasteiger partial charge on any atom is 0.255 e. The molecular weight excluding hydrogens is 330 g/mol. The first kappa shape index (κ1) is 18.0. The summed E-state index contributed by atoms with van der Waals surface area (Å²) in [5.41, 5.74) is 3.46. The van der Waals surface area contributed by atoms with Gasteiger partial charge in [-0.1, -0.05) is 11.6 Å². The van der Waals surface area contributed by atoms with Crippen molar-refractivity contribution in [2.45, 2.75) is 32.1 Å². The molecule has 1 heterocycles. The van der Waals surface area contributed by atoms with E-state index in [9.17, 15) is 4.79 Å². The Bertz CT molecular complexity index is 795. The van der Waals surface area contributed by atoms with E-state index in [4.69, 9.17) is 9.47 Å². The topological polar surface area (TPSA) is 76.2 Å². The number of rotatable bonds is 7. The normalized spacial score (nSPS) is 13.8. The summed E-state index contributed by atoms with van der Waals surface area (Å²) in [6, 6.07) is 5.51. The Hall–Kier alpha value is -2.76. The van der Waals surface area contributed by atoms with Crippen molar-refractivity contribution in [2.24, 2.45) is 0 Å². The summed E-state index contributed by atoms with van der Waals surface area (Å²) in [6.07, 6.45) is 9.62. The molecule has 26 heavy (non-hydrogen) atoms. The van der Waals surface area contributed by atoms with Gasteiger partial charge in [0.2, 0.25) is 0 Å². The molecule has 0 saturated heterocycles. The summed E-state index contributed by atoms with van der Waals surface area (Å²) < 4.78 is 10.6. The Balaban J connectivity index is 1.69. The molecule has 1 aromatic carbocycles. The molecule has 1 amide bonds. The van der Waals surface area contributed by atoms with Gasteiger partial charge in [0.05, 0.1) is 31.7 Å². The molecule has 1 aliphatic rings. The number of nitrogens with zero attached hydrogens (tertiary/aromatic N) is 1. The van der Waals surface area contributed by atoms with E-state index in [2.05, 4.69) is 21.6 Å². The van der Waals surface area contributed by atoms with Gasteiger partial charge in [0, 0.05) is 12.1 Å². The third kappa shape index (κ3) is 4.07. The zero-order valence-corrected chi connectivity index (χ0v) is 15.3. The molecule has 2 aromatic rings. The monoisotopic (exact) mass is 355 g/mol. The van der Waals surface area contributed by atoms with E-state index in [1.165, 1.54) is 18.4 Å². The molecule has 3 rings (SSSR count). The number of amides is 1. The number of carbonyl (C=O) groups excluding carboxylic acids is 1. The van der Waals surface area contributed by atoms with Gasteiger partial charge in [0.25, 0.3) is 5.91 Å². The number of aromatic amines is 1. The molecule has 6 heteroatoms. The van der Waals surface area contributed by atoms with Crippen LogP contribution in [0.2, 0.25) is 0 Å². The molecule has 0 bridgehead atoms. The van der Waals surface area contributed by atoms with E-state index in [1.54, 1.807) is 20.4 Å². The van der Waals surface area contributed by atoms with Crippen LogP contribution in [0.4, 0.5) is 0 Å². The quantitative estimate of drug-likeness (QED) is 0.742. The number of methoxy groups -OCH3 is 2. The lowest BCUT2D eigenvalue weighted by atomic mass is 9.97. The van der Waals surface area contributed by atoms with E-state index in [-0.39, 0.29) is 5.91 Å². The number of aromatic nitrogens is 2. The number of benzene rings is 1. The molecule has 0 atom stereocenters. The Labute approximate surface area is 153 Å². The average molecular weight is 355 g/mol. The number of allylic oxidation sites excluding steroid dienone is 1. The molecule has 0 spiro atoms. The first-order valence-electron chi connectivity index (χ1n) is 8.94. The van der Waals surface area contributed by atoms with Gasteiger partial charge in [0.15, 0.2) is 11.5 Å². The summed E-state index contributed by atoms with van der Waals surface area (Å²) in [5, 5.41) is 9.96. The van der Waals surface area contributed by atoms with E-state index in [0.717, 1.165) is 24.8 Å². The van der Waals surface area contributed by atoms with Crippen LogP contribution in [-0.4, -0.2) is 36.9 Å². The number of nitrogens with one attached hydrogen (secondary N) is 2. The van der Waals surface area contributed by atoms with Crippen LogP contribution < -0.4 is 14.8 Å². The van der Waals surface area contributed by atoms with Crippen molar-refractivity contribution in [1.29, 1.82) is 0 Å². The molecule has 1 aromatic heterocycles. The van der Waals surface area contributed by atoms with Crippen molar-refractivity contribution in [1.82, 2.24) is 15.5 Å². The Kier molecular flexibility index (Phi) is 5.94. The molecular formula is C20H25N3O3. The van der Waals surface area contributed by atoms with Gasteiger partial charge in [-0.15, -0.1) is 0 Å². The smallest absolute Gasteiger partial charge is 0.255 e. The van der Waals surface area contributed by atoms with Crippen LogP contribution in [-0.2, 0) is 0 Å². The zero-order valence-electron chi connectivity index (χ0n) is 15.3. The lowest BCUT2D eigenvalue weighted by Crippen LogP contribution is -2.25. The standard InChI is InChI=1S/C20H25N3O3/c1-25-17-9-8-15(12-18(17)26-2)19-16(13-22-23-19)20(24)21-11-10-14-6-4-3-5-7-14/h6,8-9,12-13H,3-5,7,10-11H2,1-2H3,(H,21,24)(H,22,23). The second-order valence-corrected chi connectivity index (χ2v) is 6.34. The van der Waals surface area contributed by atoms with Gasteiger partial charge in [-0.05, 0) is 50.3 Å². The predicted molar refractivity (Wildman–Crippen MR) is 101 cm³/mol. The van der Waals surface area contributed by atoms with Gasteiger partial charge in [0.1, 0.15) is 0 Å². The largest absolute Gasteiger partial charge is 0.493 e. The number of H-pyrrole nitrogens is 1. The molecule has 0 radical (unpaired) electrons. The third-order valence-electron chi connectivity index (χ3n) is 4.67. The number of ether oxygens (including phenoxy) is 2. The first-order valence-corrected chi connectivity index (χ1v) is 8.94. The highest BCUT2D eigenvalue weighted by Gasteiger charge is 2.17. The molecule has 0 aliphatic heterocycles. The van der Waals surface area contributed by atoms with Gasteiger partial charge in [-0.3, -0.25) is 9.89 Å². The Morgan fingerprint density at radius 2 is 2.08 bits per heavy atom. The van der Waals surface area contributed by atoms with Crippen molar-refractivity contribution in [2.75, 3.05) is 20.8 Å². The lowest BCUT2D eigenvalue weighted by Gasteiger charge is -2.13. The van der Waals surface area contributed by atoms with Crippen molar-refractivity contribution in [3.8, 4) is 22.8 Å². The van der Waals surface area contributed by atoms with Crippen molar-refractivity contribution >= 4 is 5.91 Å². The van der Waals surface area contributed by atoms with Crippen LogP contribution in [0.25, 0.3) is 11.3 Å². The lowest BCUT2D eigenvalue weighted by molar-refractivity contribution is 0.0954. The van der Waals surface area contributed by atoms with Gasteiger partial charge in [-0.2, -0.15) is 5.10 Å². The molecule has 0 unspecified atom stereocenters. The molecule has 138 valence electrons. The van der Waals surface area contributed by atoms with Crippen molar-refractivity contribution in [3.05, 3.63) is 41.6 Å². The minimum atomic E-state index is -0.125. The molecule has 6 nitrogen and oxygen atoms in total. The SMILES string of the molecule is COc1ccc(-c2[nH]ncc2C(=O)NCCC2=CCCCC2)cc1OC. The van der Waals surface area contributed by atoms with Crippen LogP contribution >= 0.6 is 0 Å². The fraction of sp³-hybridized carbons (Fsp3) is 0.400. The van der Waals surface area contributed by atoms with E-state index in [1.807, 2.05) is 18.2 Å². The van der Waals surface area contributed by atoms with Crippen LogP contribution in [0.15, 0.2) is 36.0 Å². The number of carbonyl (C=O) groups is 1. The summed E-state index contributed by atoms with van der Waals surface area (Å²) in [4.78, 5) is 12.6. The number of hydrogen-bond acceptors (Lipinski definition) is 4. The van der Waals surface area contributed by atoms with Crippen molar-refractivity contribution in [3.63, 3.8) is 0 Å². The summed E-state index contributed by atoms with van der Waals surface area (Å²) in [6.45, 7) is 0.640. The highest BCUT2D eigenvalue weighted by atomic mass is 16.5.